The van der Waals surface area contributed by atoms with E-state index in [9.17, 15) is 4.79 Å². The molecule has 1 saturated heterocycles. The van der Waals surface area contributed by atoms with Gasteiger partial charge in [0.1, 0.15) is 21.8 Å². The standard InChI is InChI=1S/C22H26N4O3S/c1-3-28-16-9-10-19(29-4-2)18(13-16)24-20(27)15-7-6-12-26(14-15)22-25-17-8-5-11-23-21(17)30-22/h5,8-11,13,15H,3-4,6-7,12,14H2,1-2H3,(H,24,27). The summed E-state index contributed by atoms with van der Waals surface area (Å²) in [5, 5.41) is 3.99. The molecule has 1 N–H and O–H groups in total. The third kappa shape index (κ3) is 4.48. The Bertz CT molecular complexity index is 990. The van der Waals surface area contributed by atoms with Crippen LogP contribution in [0.3, 0.4) is 0 Å². The van der Waals surface area contributed by atoms with Gasteiger partial charge in [0.05, 0.1) is 24.8 Å². The number of ether oxygens (including phenoxy) is 2. The van der Waals surface area contributed by atoms with Gasteiger partial charge in [-0.1, -0.05) is 11.3 Å². The van der Waals surface area contributed by atoms with E-state index in [0.29, 0.717) is 36.9 Å². The van der Waals surface area contributed by atoms with Crippen LogP contribution in [-0.2, 0) is 4.79 Å². The van der Waals surface area contributed by atoms with E-state index in [2.05, 4.69) is 15.2 Å². The minimum absolute atomic E-state index is 0.00598. The lowest BCUT2D eigenvalue weighted by molar-refractivity contribution is -0.120. The van der Waals surface area contributed by atoms with Gasteiger partial charge in [-0.3, -0.25) is 4.79 Å². The van der Waals surface area contributed by atoms with Gasteiger partial charge in [-0.05, 0) is 51.0 Å². The quantitative estimate of drug-likeness (QED) is 0.606. The smallest absolute Gasteiger partial charge is 0.229 e. The van der Waals surface area contributed by atoms with Crippen LogP contribution in [-0.4, -0.2) is 42.2 Å². The van der Waals surface area contributed by atoms with Crippen molar-refractivity contribution in [2.45, 2.75) is 26.7 Å². The summed E-state index contributed by atoms with van der Waals surface area (Å²) in [6.45, 7) is 6.49. The van der Waals surface area contributed by atoms with Crippen LogP contribution >= 0.6 is 11.3 Å². The average Bonchev–Trinajstić information content (AvgIpc) is 3.20. The van der Waals surface area contributed by atoms with E-state index in [-0.39, 0.29) is 11.8 Å². The normalized spacial score (nSPS) is 16.5. The molecule has 1 unspecified atom stereocenters. The molecule has 7 nitrogen and oxygen atoms in total. The van der Waals surface area contributed by atoms with Crippen molar-refractivity contribution in [1.82, 2.24) is 9.97 Å². The number of benzene rings is 1. The number of aromatic nitrogens is 2. The van der Waals surface area contributed by atoms with Crippen LogP contribution in [0.15, 0.2) is 36.5 Å². The van der Waals surface area contributed by atoms with Crippen molar-refractivity contribution < 1.29 is 14.3 Å². The summed E-state index contributed by atoms with van der Waals surface area (Å²) in [6.07, 6.45) is 3.57. The molecule has 8 heteroatoms. The number of piperidine rings is 1. The molecule has 1 aliphatic heterocycles. The molecule has 30 heavy (non-hydrogen) atoms. The van der Waals surface area contributed by atoms with Crippen molar-refractivity contribution in [3.05, 3.63) is 36.5 Å². The molecule has 1 atom stereocenters. The lowest BCUT2D eigenvalue weighted by Crippen LogP contribution is -2.40. The molecule has 158 valence electrons. The van der Waals surface area contributed by atoms with Crippen LogP contribution in [0.25, 0.3) is 10.3 Å². The molecule has 0 radical (unpaired) electrons. The zero-order valence-electron chi connectivity index (χ0n) is 17.3. The SMILES string of the molecule is CCOc1ccc(OCC)c(NC(=O)C2CCCN(c3nc4cccnc4s3)C2)c1. The maximum atomic E-state index is 13.1. The van der Waals surface area contributed by atoms with Crippen LogP contribution in [0.5, 0.6) is 11.5 Å². The Morgan fingerprint density at radius 2 is 2.13 bits per heavy atom. The molecular weight excluding hydrogens is 400 g/mol. The van der Waals surface area contributed by atoms with Crippen LogP contribution in [0.2, 0.25) is 0 Å². The van der Waals surface area contributed by atoms with Crippen molar-refractivity contribution in [2.24, 2.45) is 5.92 Å². The zero-order chi connectivity index (χ0) is 20.9. The molecular formula is C22H26N4O3S. The minimum atomic E-state index is -0.121. The van der Waals surface area contributed by atoms with Crippen LogP contribution in [0.1, 0.15) is 26.7 Å². The first kappa shape index (κ1) is 20.4. The van der Waals surface area contributed by atoms with Gasteiger partial charge < -0.3 is 19.7 Å². The maximum absolute atomic E-state index is 13.1. The van der Waals surface area contributed by atoms with Gasteiger partial charge in [0.15, 0.2) is 5.13 Å². The zero-order valence-corrected chi connectivity index (χ0v) is 18.1. The highest BCUT2D eigenvalue weighted by atomic mass is 32.1. The number of fused-ring (bicyclic) bond motifs is 1. The number of pyridine rings is 1. The third-order valence-electron chi connectivity index (χ3n) is 5.04. The van der Waals surface area contributed by atoms with Gasteiger partial charge in [-0.25, -0.2) is 9.97 Å². The number of anilines is 2. The molecule has 4 rings (SSSR count). The Labute approximate surface area is 180 Å². The molecule has 2 aromatic heterocycles. The second kappa shape index (κ2) is 9.30. The van der Waals surface area contributed by atoms with E-state index in [1.54, 1.807) is 17.5 Å². The van der Waals surface area contributed by atoms with E-state index < -0.39 is 0 Å². The van der Waals surface area contributed by atoms with E-state index in [4.69, 9.17) is 14.5 Å². The first-order valence-corrected chi connectivity index (χ1v) is 11.2. The number of carbonyl (C=O) groups is 1. The third-order valence-corrected chi connectivity index (χ3v) is 6.08. The first-order chi connectivity index (χ1) is 14.7. The fourth-order valence-corrected chi connectivity index (χ4v) is 4.58. The summed E-state index contributed by atoms with van der Waals surface area (Å²) in [5.74, 6) is 1.24. The van der Waals surface area contributed by atoms with Crippen molar-refractivity contribution in [2.75, 3.05) is 36.5 Å². The summed E-state index contributed by atoms with van der Waals surface area (Å²) in [5.41, 5.74) is 1.55. The van der Waals surface area contributed by atoms with Gasteiger partial charge in [0.25, 0.3) is 0 Å². The molecule has 1 fully saturated rings. The first-order valence-electron chi connectivity index (χ1n) is 10.3. The number of nitrogens with zero attached hydrogens (tertiary/aromatic N) is 3. The highest BCUT2D eigenvalue weighted by Crippen LogP contribution is 2.33. The number of amides is 1. The highest BCUT2D eigenvalue weighted by molar-refractivity contribution is 7.21. The molecule has 1 amide bonds. The largest absolute Gasteiger partial charge is 0.494 e. The second-order valence-corrected chi connectivity index (χ2v) is 8.08. The Kier molecular flexibility index (Phi) is 6.32. The summed E-state index contributed by atoms with van der Waals surface area (Å²) >= 11 is 1.57. The molecule has 0 spiro atoms. The van der Waals surface area contributed by atoms with Gasteiger partial charge >= 0.3 is 0 Å². The minimum Gasteiger partial charge on any atom is -0.494 e. The summed E-state index contributed by atoms with van der Waals surface area (Å²) in [7, 11) is 0. The fourth-order valence-electron chi connectivity index (χ4n) is 3.64. The predicted octanol–water partition coefficient (Wildman–Crippen LogP) is 4.34. The molecule has 0 saturated carbocycles. The average molecular weight is 427 g/mol. The Morgan fingerprint density at radius 1 is 1.27 bits per heavy atom. The monoisotopic (exact) mass is 426 g/mol. The van der Waals surface area contributed by atoms with Crippen molar-refractivity contribution >= 4 is 38.4 Å². The van der Waals surface area contributed by atoms with E-state index >= 15 is 0 Å². The van der Waals surface area contributed by atoms with Gasteiger partial charge in [0.2, 0.25) is 5.91 Å². The number of thiazole rings is 1. The summed E-state index contributed by atoms with van der Waals surface area (Å²) in [6, 6.07) is 9.38. The Balaban J connectivity index is 1.48. The van der Waals surface area contributed by atoms with Crippen LogP contribution in [0.4, 0.5) is 10.8 Å². The molecule has 3 aromatic rings. The predicted molar refractivity (Wildman–Crippen MR) is 120 cm³/mol. The van der Waals surface area contributed by atoms with Crippen molar-refractivity contribution in [1.29, 1.82) is 0 Å². The molecule has 0 aliphatic carbocycles. The molecule has 0 bridgehead atoms. The van der Waals surface area contributed by atoms with Crippen molar-refractivity contribution in [3.8, 4) is 11.5 Å². The van der Waals surface area contributed by atoms with Crippen LogP contribution < -0.4 is 19.7 Å². The highest BCUT2D eigenvalue weighted by Gasteiger charge is 2.28. The van der Waals surface area contributed by atoms with E-state index in [1.165, 1.54) is 0 Å². The number of nitrogens with one attached hydrogen (secondary N) is 1. The lowest BCUT2D eigenvalue weighted by atomic mass is 9.97. The van der Waals surface area contributed by atoms with E-state index in [1.807, 2.05) is 44.2 Å². The topological polar surface area (TPSA) is 76.6 Å². The maximum Gasteiger partial charge on any atom is 0.229 e. The van der Waals surface area contributed by atoms with Crippen molar-refractivity contribution in [3.63, 3.8) is 0 Å². The summed E-state index contributed by atoms with van der Waals surface area (Å²) in [4.78, 5) is 25.3. The Morgan fingerprint density at radius 3 is 2.93 bits per heavy atom. The van der Waals surface area contributed by atoms with Crippen LogP contribution in [0, 0.1) is 5.92 Å². The number of hydrogen-bond acceptors (Lipinski definition) is 7. The Hall–Kier alpha value is -2.87. The lowest BCUT2D eigenvalue weighted by Gasteiger charge is -2.31. The molecule has 1 aromatic carbocycles. The van der Waals surface area contributed by atoms with Gasteiger partial charge in [0, 0.05) is 25.4 Å². The molecule has 3 heterocycles. The number of carbonyl (C=O) groups excluding carboxylic acids is 1. The van der Waals surface area contributed by atoms with Gasteiger partial charge in [-0.15, -0.1) is 0 Å². The second-order valence-electron chi connectivity index (χ2n) is 7.12. The summed E-state index contributed by atoms with van der Waals surface area (Å²) < 4.78 is 11.3. The van der Waals surface area contributed by atoms with Gasteiger partial charge in [-0.2, -0.15) is 0 Å². The molecule has 1 aliphatic rings. The number of rotatable bonds is 7. The number of hydrogen-bond donors (Lipinski definition) is 1. The van der Waals surface area contributed by atoms with E-state index in [0.717, 1.165) is 34.9 Å². The fraction of sp³-hybridized carbons (Fsp3) is 0.409.